The van der Waals surface area contributed by atoms with Gasteiger partial charge in [0.25, 0.3) is 0 Å². The molecule has 0 aliphatic heterocycles. The van der Waals surface area contributed by atoms with Crippen LogP contribution >= 0.6 is 0 Å². The molecule has 0 spiro atoms. The van der Waals surface area contributed by atoms with Gasteiger partial charge in [0.15, 0.2) is 5.43 Å². The molecule has 2 heteroatoms. The summed E-state index contributed by atoms with van der Waals surface area (Å²) >= 11 is 0. The quantitative estimate of drug-likeness (QED) is 0.688. The second-order valence-corrected chi connectivity index (χ2v) is 5.76. The van der Waals surface area contributed by atoms with Gasteiger partial charge in [-0.3, -0.25) is 4.79 Å². The van der Waals surface area contributed by atoms with E-state index >= 15 is 0 Å². The molecular formula is C20H19NO. The van der Waals surface area contributed by atoms with Gasteiger partial charge in [-0.05, 0) is 30.5 Å². The predicted octanol–water partition coefficient (Wildman–Crippen LogP) is 4.34. The Bertz CT molecular complexity index is 873. The number of nitrogens with zero attached hydrogens (tertiary/aromatic N) is 1. The van der Waals surface area contributed by atoms with Crippen LogP contribution in [0.5, 0.6) is 0 Å². The van der Waals surface area contributed by atoms with Gasteiger partial charge in [0.1, 0.15) is 0 Å². The molecule has 0 fully saturated rings. The first-order valence-electron chi connectivity index (χ1n) is 7.39. The average Bonchev–Trinajstić information content (AvgIpc) is 2.51. The van der Waals surface area contributed by atoms with E-state index in [0.29, 0.717) is 0 Å². The first-order chi connectivity index (χ1) is 10.6. The zero-order chi connectivity index (χ0) is 15.7. The Hall–Kier alpha value is -2.61. The van der Waals surface area contributed by atoms with Crippen molar-refractivity contribution >= 4 is 0 Å². The minimum Gasteiger partial charge on any atom is -0.356 e. The van der Waals surface area contributed by atoms with Crippen molar-refractivity contribution in [3.05, 3.63) is 82.3 Å². The Balaban J connectivity index is 2.25. The molecule has 0 aliphatic carbocycles. The highest BCUT2D eigenvalue weighted by Crippen LogP contribution is 2.23. The van der Waals surface area contributed by atoms with Crippen molar-refractivity contribution < 1.29 is 0 Å². The molecule has 0 atom stereocenters. The second kappa shape index (κ2) is 5.64. The lowest BCUT2D eigenvalue weighted by Gasteiger charge is -2.11. The first-order valence-corrected chi connectivity index (χ1v) is 7.39. The molecular weight excluding hydrogens is 270 g/mol. The molecule has 0 radical (unpaired) electrons. The molecule has 0 bridgehead atoms. The molecule has 3 rings (SSSR count). The molecule has 1 heterocycles. The van der Waals surface area contributed by atoms with Crippen molar-refractivity contribution in [3.8, 4) is 22.3 Å². The van der Waals surface area contributed by atoms with Gasteiger partial charge in [0.05, 0.1) is 0 Å². The molecule has 2 aromatic carbocycles. The number of benzene rings is 2. The minimum absolute atomic E-state index is 0.0799. The summed E-state index contributed by atoms with van der Waals surface area (Å²) in [6.07, 6.45) is 3.80. The summed E-state index contributed by atoms with van der Waals surface area (Å²) in [6, 6.07) is 16.1. The summed E-state index contributed by atoms with van der Waals surface area (Å²) in [5.41, 5.74) is 5.83. The molecule has 0 amide bonds. The first kappa shape index (κ1) is 14.3. The zero-order valence-electron chi connectivity index (χ0n) is 13.1. The van der Waals surface area contributed by atoms with E-state index in [-0.39, 0.29) is 5.43 Å². The summed E-state index contributed by atoms with van der Waals surface area (Å²) in [5.74, 6) is 0. The fourth-order valence-electron chi connectivity index (χ4n) is 2.71. The van der Waals surface area contributed by atoms with Crippen LogP contribution in [0.25, 0.3) is 22.3 Å². The predicted molar refractivity (Wildman–Crippen MR) is 92.0 cm³/mol. The summed E-state index contributed by atoms with van der Waals surface area (Å²) in [4.78, 5) is 12.9. The highest BCUT2D eigenvalue weighted by molar-refractivity contribution is 5.73. The summed E-state index contributed by atoms with van der Waals surface area (Å²) in [5, 5.41) is 0. The van der Waals surface area contributed by atoms with E-state index in [9.17, 15) is 4.79 Å². The van der Waals surface area contributed by atoms with Gasteiger partial charge < -0.3 is 4.57 Å². The number of hydrogen-bond donors (Lipinski definition) is 0. The molecule has 0 saturated carbocycles. The van der Waals surface area contributed by atoms with Gasteiger partial charge in [-0.2, -0.15) is 0 Å². The van der Waals surface area contributed by atoms with Gasteiger partial charge in [0.2, 0.25) is 0 Å². The lowest BCUT2D eigenvalue weighted by Crippen LogP contribution is -2.12. The van der Waals surface area contributed by atoms with Crippen LogP contribution in [0.4, 0.5) is 0 Å². The van der Waals surface area contributed by atoms with Crippen LogP contribution in [-0.2, 0) is 7.05 Å². The SMILES string of the molecule is Cc1ccc(-c2cn(C)cc(-c3ccccc3C)c2=O)cc1. The van der Waals surface area contributed by atoms with Crippen molar-refractivity contribution in [2.75, 3.05) is 0 Å². The van der Waals surface area contributed by atoms with Gasteiger partial charge in [0, 0.05) is 30.6 Å². The van der Waals surface area contributed by atoms with Gasteiger partial charge >= 0.3 is 0 Å². The number of pyridine rings is 1. The molecule has 3 aromatic rings. The van der Waals surface area contributed by atoms with E-state index < -0.39 is 0 Å². The fourth-order valence-corrected chi connectivity index (χ4v) is 2.71. The van der Waals surface area contributed by atoms with Gasteiger partial charge in [-0.25, -0.2) is 0 Å². The third-order valence-corrected chi connectivity index (χ3v) is 3.95. The maximum atomic E-state index is 12.9. The number of hydrogen-bond acceptors (Lipinski definition) is 1. The van der Waals surface area contributed by atoms with E-state index in [1.807, 2.05) is 86.4 Å². The molecule has 2 nitrogen and oxygen atoms in total. The summed E-state index contributed by atoms with van der Waals surface area (Å²) in [6.45, 7) is 4.08. The lowest BCUT2D eigenvalue weighted by atomic mass is 9.97. The van der Waals surface area contributed by atoms with Crippen LogP contribution in [0.15, 0.2) is 65.7 Å². The normalized spacial score (nSPS) is 10.7. The van der Waals surface area contributed by atoms with Crippen LogP contribution in [0.2, 0.25) is 0 Å². The number of aryl methyl sites for hydroxylation is 3. The minimum atomic E-state index is 0.0799. The van der Waals surface area contributed by atoms with E-state index in [1.54, 1.807) is 0 Å². The van der Waals surface area contributed by atoms with Crippen LogP contribution in [-0.4, -0.2) is 4.57 Å². The maximum Gasteiger partial charge on any atom is 0.197 e. The monoisotopic (exact) mass is 289 g/mol. The van der Waals surface area contributed by atoms with Crippen molar-refractivity contribution in [1.29, 1.82) is 0 Å². The van der Waals surface area contributed by atoms with E-state index in [1.165, 1.54) is 5.56 Å². The van der Waals surface area contributed by atoms with Crippen LogP contribution in [0.3, 0.4) is 0 Å². The van der Waals surface area contributed by atoms with E-state index in [2.05, 4.69) is 0 Å². The maximum absolute atomic E-state index is 12.9. The van der Waals surface area contributed by atoms with Crippen molar-refractivity contribution in [2.24, 2.45) is 7.05 Å². The fraction of sp³-hybridized carbons (Fsp3) is 0.150. The van der Waals surface area contributed by atoms with Crippen LogP contribution < -0.4 is 5.43 Å². The van der Waals surface area contributed by atoms with Gasteiger partial charge in [-0.1, -0.05) is 54.1 Å². The Morgan fingerprint density at radius 2 is 1.41 bits per heavy atom. The molecule has 0 N–H and O–H groups in total. The lowest BCUT2D eigenvalue weighted by molar-refractivity contribution is 0.904. The zero-order valence-corrected chi connectivity index (χ0v) is 13.1. The topological polar surface area (TPSA) is 22.0 Å². The largest absolute Gasteiger partial charge is 0.356 e. The van der Waals surface area contributed by atoms with Crippen molar-refractivity contribution in [2.45, 2.75) is 13.8 Å². The molecule has 0 unspecified atom stereocenters. The molecule has 0 saturated heterocycles. The Morgan fingerprint density at radius 3 is 2.09 bits per heavy atom. The smallest absolute Gasteiger partial charge is 0.197 e. The Kier molecular flexibility index (Phi) is 3.68. The Morgan fingerprint density at radius 1 is 0.773 bits per heavy atom. The van der Waals surface area contributed by atoms with E-state index in [0.717, 1.165) is 27.8 Å². The highest BCUT2D eigenvalue weighted by Gasteiger charge is 2.12. The number of aromatic nitrogens is 1. The summed E-state index contributed by atoms with van der Waals surface area (Å²) < 4.78 is 1.96. The van der Waals surface area contributed by atoms with Crippen LogP contribution in [0, 0.1) is 13.8 Å². The highest BCUT2D eigenvalue weighted by atomic mass is 16.1. The number of rotatable bonds is 2. The average molecular weight is 289 g/mol. The van der Waals surface area contributed by atoms with Crippen molar-refractivity contribution in [3.63, 3.8) is 0 Å². The molecule has 22 heavy (non-hydrogen) atoms. The molecule has 1 aromatic heterocycles. The van der Waals surface area contributed by atoms with Gasteiger partial charge in [-0.15, -0.1) is 0 Å². The summed E-state index contributed by atoms with van der Waals surface area (Å²) in [7, 11) is 1.96. The molecule has 110 valence electrons. The molecule has 0 aliphatic rings. The van der Waals surface area contributed by atoms with Crippen molar-refractivity contribution in [1.82, 2.24) is 4.57 Å². The third-order valence-electron chi connectivity index (χ3n) is 3.95. The van der Waals surface area contributed by atoms with E-state index in [4.69, 9.17) is 0 Å². The third kappa shape index (κ3) is 2.60. The second-order valence-electron chi connectivity index (χ2n) is 5.76. The standard InChI is InChI=1S/C20H19NO/c1-14-8-10-16(11-9-14)18-12-21(3)13-19(20(18)22)17-7-5-4-6-15(17)2/h4-13H,1-3H3. The van der Waals surface area contributed by atoms with Crippen LogP contribution in [0.1, 0.15) is 11.1 Å². The Labute approximate surface area is 130 Å².